The minimum atomic E-state index is -0.917. The first kappa shape index (κ1) is 12.8. The fraction of sp³-hybridized carbons (Fsp3) is 0.455. The third-order valence-corrected chi connectivity index (χ3v) is 2.20. The molecule has 1 aromatic rings. The zero-order valence-electron chi connectivity index (χ0n) is 9.05. The van der Waals surface area contributed by atoms with Crippen LogP contribution in [0.1, 0.15) is 11.1 Å². The lowest BCUT2D eigenvalue weighted by atomic mass is 10.1. The summed E-state index contributed by atoms with van der Waals surface area (Å²) in [7, 11) is 0. The number of phenols is 2. The summed E-state index contributed by atoms with van der Waals surface area (Å²) in [5.74, 6) is -0.0508. The van der Waals surface area contributed by atoms with E-state index in [0.717, 1.165) is 0 Å². The molecule has 0 aliphatic heterocycles. The zero-order chi connectivity index (χ0) is 12.1. The van der Waals surface area contributed by atoms with E-state index >= 15 is 0 Å². The molecular weight excluding hydrogens is 212 g/mol. The highest BCUT2D eigenvalue weighted by atomic mass is 16.5. The van der Waals surface area contributed by atoms with Crippen LogP contribution in [0.15, 0.2) is 12.1 Å². The Morgan fingerprint density at radius 3 is 2.56 bits per heavy atom. The third kappa shape index (κ3) is 3.37. The van der Waals surface area contributed by atoms with E-state index in [-0.39, 0.29) is 31.3 Å². The van der Waals surface area contributed by atoms with Gasteiger partial charge in [-0.2, -0.15) is 0 Å². The standard InChI is InChI=1S/C11H16O5/c1-7-2-8(13)3-11(15)10(7)6-16-5-9(14)4-12/h2-3,9,12-15H,4-6H2,1H3. The fourth-order valence-corrected chi connectivity index (χ4v) is 1.32. The molecule has 0 aliphatic rings. The summed E-state index contributed by atoms with van der Waals surface area (Å²) in [6.07, 6.45) is -0.917. The van der Waals surface area contributed by atoms with Gasteiger partial charge in [0, 0.05) is 11.6 Å². The second-order valence-electron chi connectivity index (χ2n) is 3.61. The van der Waals surface area contributed by atoms with Crippen LogP contribution in [0.2, 0.25) is 0 Å². The largest absolute Gasteiger partial charge is 0.508 e. The number of benzene rings is 1. The van der Waals surface area contributed by atoms with Crippen LogP contribution in [0.4, 0.5) is 0 Å². The summed E-state index contributed by atoms with van der Waals surface area (Å²) < 4.78 is 5.12. The Bertz CT molecular complexity index is 327. The van der Waals surface area contributed by atoms with Crippen LogP contribution < -0.4 is 0 Å². The lowest BCUT2D eigenvalue weighted by Crippen LogP contribution is -2.19. The van der Waals surface area contributed by atoms with Crippen molar-refractivity contribution in [1.82, 2.24) is 0 Å². The maximum absolute atomic E-state index is 9.54. The second kappa shape index (κ2) is 5.69. The lowest BCUT2D eigenvalue weighted by molar-refractivity contribution is -0.000530. The Kier molecular flexibility index (Phi) is 4.54. The highest BCUT2D eigenvalue weighted by Crippen LogP contribution is 2.27. The molecular formula is C11H16O5. The summed E-state index contributed by atoms with van der Waals surface area (Å²) in [6.45, 7) is 1.49. The van der Waals surface area contributed by atoms with Gasteiger partial charge in [-0.15, -0.1) is 0 Å². The number of aliphatic hydroxyl groups excluding tert-OH is 2. The zero-order valence-corrected chi connectivity index (χ0v) is 9.05. The van der Waals surface area contributed by atoms with Gasteiger partial charge in [-0.1, -0.05) is 0 Å². The van der Waals surface area contributed by atoms with Crippen LogP contribution in [0.3, 0.4) is 0 Å². The van der Waals surface area contributed by atoms with Crippen LogP contribution in [0.5, 0.6) is 11.5 Å². The monoisotopic (exact) mass is 228 g/mol. The van der Waals surface area contributed by atoms with Crippen LogP contribution in [0.25, 0.3) is 0 Å². The van der Waals surface area contributed by atoms with Gasteiger partial charge in [-0.05, 0) is 18.6 Å². The van der Waals surface area contributed by atoms with Crippen LogP contribution >= 0.6 is 0 Å². The molecule has 90 valence electrons. The predicted molar refractivity (Wildman–Crippen MR) is 57.3 cm³/mol. The molecule has 5 nitrogen and oxygen atoms in total. The minimum Gasteiger partial charge on any atom is -0.508 e. The van der Waals surface area contributed by atoms with E-state index in [1.807, 2.05) is 0 Å². The van der Waals surface area contributed by atoms with Crippen molar-refractivity contribution in [3.05, 3.63) is 23.3 Å². The Hall–Kier alpha value is -1.30. The van der Waals surface area contributed by atoms with Crippen LogP contribution in [-0.4, -0.2) is 39.7 Å². The van der Waals surface area contributed by atoms with Gasteiger partial charge in [0.15, 0.2) is 0 Å². The van der Waals surface area contributed by atoms with Crippen LogP contribution in [0, 0.1) is 6.92 Å². The number of ether oxygens (including phenoxy) is 1. The Balaban J connectivity index is 2.60. The average Bonchev–Trinajstić information content (AvgIpc) is 2.21. The molecule has 5 heteroatoms. The molecule has 0 aromatic heterocycles. The molecule has 0 spiro atoms. The van der Waals surface area contributed by atoms with Gasteiger partial charge < -0.3 is 25.2 Å². The quantitative estimate of drug-likeness (QED) is 0.581. The summed E-state index contributed by atoms with van der Waals surface area (Å²) in [4.78, 5) is 0. The van der Waals surface area contributed by atoms with Gasteiger partial charge in [-0.25, -0.2) is 0 Å². The molecule has 0 aliphatic carbocycles. The molecule has 0 bridgehead atoms. The number of hydrogen-bond donors (Lipinski definition) is 4. The van der Waals surface area contributed by atoms with E-state index in [1.165, 1.54) is 12.1 Å². The SMILES string of the molecule is Cc1cc(O)cc(O)c1COCC(O)CO. The molecule has 0 saturated carbocycles. The first-order valence-electron chi connectivity index (χ1n) is 4.92. The second-order valence-corrected chi connectivity index (χ2v) is 3.61. The first-order valence-corrected chi connectivity index (χ1v) is 4.92. The van der Waals surface area contributed by atoms with Gasteiger partial charge in [0.05, 0.1) is 19.8 Å². The number of aryl methyl sites for hydroxylation is 1. The Morgan fingerprint density at radius 1 is 1.31 bits per heavy atom. The smallest absolute Gasteiger partial charge is 0.125 e. The van der Waals surface area contributed by atoms with E-state index in [4.69, 9.17) is 14.9 Å². The molecule has 1 unspecified atom stereocenters. The van der Waals surface area contributed by atoms with E-state index in [2.05, 4.69) is 0 Å². The maximum Gasteiger partial charge on any atom is 0.125 e. The van der Waals surface area contributed by atoms with Gasteiger partial charge in [0.1, 0.15) is 17.6 Å². The number of aromatic hydroxyl groups is 2. The molecule has 1 aromatic carbocycles. The van der Waals surface area contributed by atoms with Gasteiger partial charge in [0.2, 0.25) is 0 Å². The van der Waals surface area contributed by atoms with Crippen molar-refractivity contribution in [3.63, 3.8) is 0 Å². The molecule has 0 radical (unpaired) electrons. The minimum absolute atomic E-state index is 0.00371. The summed E-state index contributed by atoms with van der Waals surface area (Å²) in [5.41, 5.74) is 1.26. The molecule has 0 heterocycles. The number of hydrogen-bond acceptors (Lipinski definition) is 5. The van der Waals surface area contributed by atoms with E-state index in [1.54, 1.807) is 6.92 Å². The van der Waals surface area contributed by atoms with Crippen molar-refractivity contribution in [1.29, 1.82) is 0 Å². The molecule has 4 N–H and O–H groups in total. The van der Waals surface area contributed by atoms with Crippen molar-refractivity contribution in [2.75, 3.05) is 13.2 Å². The topological polar surface area (TPSA) is 90.2 Å². The van der Waals surface area contributed by atoms with Crippen LogP contribution in [-0.2, 0) is 11.3 Å². The normalized spacial score (nSPS) is 12.7. The average molecular weight is 228 g/mol. The Morgan fingerprint density at radius 2 is 2.00 bits per heavy atom. The van der Waals surface area contributed by atoms with Gasteiger partial charge in [-0.3, -0.25) is 0 Å². The van der Waals surface area contributed by atoms with Gasteiger partial charge >= 0.3 is 0 Å². The fourth-order valence-electron chi connectivity index (χ4n) is 1.32. The summed E-state index contributed by atoms with van der Waals surface area (Å²) >= 11 is 0. The molecule has 0 saturated heterocycles. The van der Waals surface area contributed by atoms with Crippen molar-refractivity contribution in [2.24, 2.45) is 0 Å². The van der Waals surface area contributed by atoms with Crippen molar-refractivity contribution in [2.45, 2.75) is 19.6 Å². The van der Waals surface area contributed by atoms with Crippen molar-refractivity contribution < 1.29 is 25.2 Å². The van der Waals surface area contributed by atoms with Gasteiger partial charge in [0.25, 0.3) is 0 Å². The number of aliphatic hydroxyl groups is 2. The molecule has 0 amide bonds. The molecule has 0 fully saturated rings. The van der Waals surface area contributed by atoms with E-state index in [9.17, 15) is 10.2 Å². The summed E-state index contributed by atoms with van der Waals surface area (Å²) in [5, 5.41) is 36.3. The van der Waals surface area contributed by atoms with E-state index in [0.29, 0.717) is 11.1 Å². The maximum atomic E-state index is 9.54. The molecule has 1 rings (SSSR count). The first-order chi connectivity index (χ1) is 7.54. The highest BCUT2D eigenvalue weighted by Gasteiger charge is 2.08. The third-order valence-electron chi connectivity index (χ3n) is 2.20. The predicted octanol–water partition coefficient (Wildman–Crippen LogP) is 0.276. The number of rotatable bonds is 5. The van der Waals surface area contributed by atoms with Crippen molar-refractivity contribution >= 4 is 0 Å². The molecule has 1 atom stereocenters. The lowest BCUT2D eigenvalue weighted by Gasteiger charge is -2.11. The Labute approximate surface area is 93.5 Å². The van der Waals surface area contributed by atoms with Crippen molar-refractivity contribution in [3.8, 4) is 11.5 Å². The van der Waals surface area contributed by atoms with E-state index < -0.39 is 6.10 Å². The molecule has 16 heavy (non-hydrogen) atoms. The number of phenolic OH excluding ortho intramolecular Hbond substituents is 2. The highest BCUT2D eigenvalue weighted by molar-refractivity contribution is 5.44. The summed E-state index contributed by atoms with van der Waals surface area (Å²) in [6, 6.07) is 2.75.